The lowest BCUT2D eigenvalue weighted by atomic mass is 10.2. The minimum atomic E-state index is -0.470. The molecule has 0 aromatic heterocycles. The number of nitrogens with zero attached hydrogens (tertiary/aromatic N) is 1. The summed E-state index contributed by atoms with van der Waals surface area (Å²) in [6.07, 6.45) is 0.00643. The van der Waals surface area contributed by atoms with Crippen molar-refractivity contribution in [1.82, 2.24) is 4.90 Å². The first-order valence-corrected chi connectivity index (χ1v) is 7.90. The molecule has 1 aliphatic rings. The lowest BCUT2D eigenvalue weighted by Crippen LogP contribution is -2.49. The van der Waals surface area contributed by atoms with Crippen LogP contribution < -0.4 is 0 Å². The zero-order valence-electron chi connectivity index (χ0n) is 12.0. The molecule has 2 atom stereocenters. The Morgan fingerprint density at radius 3 is 2.52 bits per heavy atom. The van der Waals surface area contributed by atoms with E-state index in [4.69, 9.17) is 9.47 Å². The van der Waals surface area contributed by atoms with Crippen molar-refractivity contribution >= 4 is 34.5 Å². The van der Waals surface area contributed by atoms with E-state index in [0.717, 1.165) is 3.57 Å². The highest BCUT2D eigenvalue weighted by Gasteiger charge is 2.26. The van der Waals surface area contributed by atoms with Crippen LogP contribution in [-0.2, 0) is 14.3 Å². The summed E-state index contributed by atoms with van der Waals surface area (Å²) in [4.78, 5) is 25.7. The van der Waals surface area contributed by atoms with Gasteiger partial charge in [0.2, 0.25) is 0 Å². The van der Waals surface area contributed by atoms with Gasteiger partial charge in [0.1, 0.15) is 0 Å². The average Bonchev–Trinajstić information content (AvgIpc) is 2.43. The second kappa shape index (κ2) is 7.22. The molecular formula is C15H18INO4. The van der Waals surface area contributed by atoms with Gasteiger partial charge in [-0.2, -0.15) is 0 Å². The summed E-state index contributed by atoms with van der Waals surface area (Å²) in [5.74, 6) is -0.654. The number of hydrogen-bond acceptors (Lipinski definition) is 4. The van der Waals surface area contributed by atoms with Crippen LogP contribution in [0.1, 0.15) is 24.2 Å². The van der Waals surface area contributed by atoms with Crippen LogP contribution in [0.4, 0.5) is 0 Å². The van der Waals surface area contributed by atoms with E-state index >= 15 is 0 Å². The van der Waals surface area contributed by atoms with Crippen LogP contribution in [0.5, 0.6) is 0 Å². The third-order valence-corrected chi connectivity index (χ3v) is 4.13. The van der Waals surface area contributed by atoms with Gasteiger partial charge in [0.05, 0.1) is 17.8 Å². The zero-order chi connectivity index (χ0) is 15.4. The Hall–Kier alpha value is -1.15. The van der Waals surface area contributed by atoms with Crippen molar-refractivity contribution in [2.24, 2.45) is 0 Å². The van der Waals surface area contributed by atoms with Crippen LogP contribution in [-0.4, -0.2) is 48.7 Å². The van der Waals surface area contributed by atoms with Crippen molar-refractivity contribution < 1.29 is 19.1 Å². The largest absolute Gasteiger partial charge is 0.452 e. The number of rotatable bonds is 3. The third kappa shape index (κ3) is 4.41. The molecule has 1 aliphatic heterocycles. The van der Waals surface area contributed by atoms with Crippen molar-refractivity contribution in [2.75, 3.05) is 19.7 Å². The monoisotopic (exact) mass is 403 g/mol. The van der Waals surface area contributed by atoms with E-state index < -0.39 is 5.97 Å². The first kappa shape index (κ1) is 16.2. The Labute approximate surface area is 137 Å². The smallest absolute Gasteiger partial charge is 0.339 e. The number of amides is 1. The predicted octanol–water partition coefficient (Wildman–Crippen LogP) is 2.08. The maximum atomic E-state index is 12.1. The standard InChI is InChI=1S/C15H18INO4/c1-10-7-17(8-11(2)21-10)14(18)9-20-15(19)12-5-3-4-6-13(12)16/h3-6,10-11H,7-9H2,1-2H3/t10-,11-/m1/s1. The minimum Gasteiger partial charge on any atom is -0.452 e. The van der Waals surface area contributed by atoms with Crippen LogP contribution in [0, 0.1) is 3.57 Å². The Kier molecular flexibility index (Phi) is 5.58. The second-order valence-electron chi connectivity index (χ2n) is 5.11. The van der Waals surface area contributed by atoms with E-state index in [2.05, 4.69) is 22.6 Å². The molecule has 1 heterocycles. The highest BCUT2D eigenvalue weighted by Crippen LogP contribution is 2.14. The minimum absolute atomic E-state index is 0.00322. The Morgan fingerprint density at radius 1 is 1.29 bits per heavy atom. The van der Waals surface area contributed by atoms with Gasteiger partial charge < -0.3 is 14.4 Å². The molecule has 1 aromatic carbocycles. The summed E-state index contributed by atoms with van der Waals surface area (Å²) in [5.41, 5.74) is 0.481. The number of carbonyl (C=O) groups is 2. The molecule has 1 saturated heterocycles. The van der Waals surface area contributed by atoms with Gasteiger partial charge in [-0.15, -0.1) is 0 Å². The van der Waals surface area contributed by atoms with Gasteiger partial charge in [-0.3, -0.25) is 4.79 Å². The summed E-state index contributed by atoms with van der Waals surface area (Å²) < 4.78 is 11.5. The molecule has 2 rings (SSSR count). The zero-order valence-corrected chi connectivity index (χ0v) is 14.2. The molecule has 5 nitrogen and oxygen atoms in total. The van der Waals surface area contributed by atoms with Gasteiger partial charge in [0, 0.05) is 16.7 Å². The van der Waals surface area contributed by atoms with Gasteiger partial charge in [0.15, 0.2) is 6.61 Å². The van der Waals surface area contributed by atoms with Crippen molar-refractivity contribution in [2.45, 2.75) is 26.1 Å². The van der Waals surface area contributed by atoms with E-state index in [9.17, 15) is 9.59 Å². The fraction of sp³-hybridized carbons (Fsp3) is 0.467. The quantitative estimate of drug-likeness (QED) is 0.573. The summed E-state index contributed by atoms with van der Waals surface area (Å²) in [5, 5.41) is 0. The molecule has 0 bridgehead atoms. The summed E-state index contributed by atoms with van der Waals surface area (Å²) in [6.45, 7) is 4.68. The number of carbonyl (C=O) groups excluding carboxylic acids is 2. The van der Waals surface area contributed by atoms with Gasteiger partial charge in [-0.05, 0) is 48.6 Å². The first-order valence-electron chi connectivity index (χ1n) is 6.82. The van der Waals surface area contributed by atoms with E-state index in [0.29, 0.717) is 18.7 Å². The molecule has 1 amide bonds. The van der Waals surface area contributed by atoms with Crippen molar-refractivity contribution in [3.63, 3.8) is 0 Å². The molecule has 1 fully saturated rings. The van der Waals surface area contributed by atoms with Crippen LogP contribution >= 0.6 is 22.6 Å². The Bertz CT molecular complexity index is 524. The Balaban J connectivity index is 1.89. The molecule has 0 aliphatic carbocycles. The van der Waals surface area contributed by atoms with Gasteiger partial charge in [0.25, 0.3) is 5.91 Å². The van der Waals surface area contributed by atoms with Gasteiger partial charge in [-0.25, -0.2) is 4.79 Å². The van der Waals surface area contributed by atoms with Crippen LogP contribution in [0.2, 0.25) is 0 Å². The number of ether oxygens (including phenoxy) is 2. The Morgan fingerprint density at radius 2 is 1.90 bits per heavy atom. The molecular weight excluding hydrogens is 385 g/mol. The second-order valence-corrected chi connectivity index (χ2v) is 6.27. The molecule has 21 heavy (non-hydrogen) atoms. The number of esters is 1. The van der Waals surface area contributed by atoms with Crippen molar-refractivity contribution in [1.29, 1.82) is 0 Å². The van der Waals surface area contributed by atoms with Gasteiger partial charge >= 0.3 is 5.97 Å². The maximum Gasteiger partial charge on any atom is 0.339 e. The molecule has 0 saturated carbocycles. The SMILES string of the molecule is C[C@@H]1CN(C(=O)COC(=O)c2ccccc2I)C[C@@H](C)O1. The number of hydrogen-bond donors (Lipinski definition) is 0. The van der Waals surface area contributed by atoms with E-state index in [1.54, 1.807) is 17.0 Å². The third-order valence-electron chi connectivity index (χ3n) is 3.19. The molecule has 1 aromatic rings. The molecule has 0 N–H and O–H groups in total. The molecule has 0 spiro atoms. The maximum absolute atomic E-state index is 12.1. The normalized spacial score (nSPS) is 22.0. The number of benzene rings is 1. The number of halogens is 1. The molecule has 0 radical (unpaired) electrons. The summed E-state index contributed by atoms with van der Waals surface area (Å²) in [6, 6.07) is 7.13. The van der Waals surface area contributed by atoms with E-state index in [1.807, 2.05) is 26.0 Å². The highest BCUT2D eigenvalue weighted by atomic mass is 127. The molecule has 114 valence electrons. The van der Waals surface area contributed by atoms with E-state index in [1.165, 1.54) is 0 Å². The fourth-order valence-electron chi connectivity index (χ4n) is 2.30. The molecule has 6 heteroatoms. The fourth-order valence-corrected chi connectivity index (χ4v) is 2.91. The molecule has 0 unspecified atom stereocenters. The summed E-state index contributed by atoms with van der Waals surface area (Å²) in [7, 11) is 0. The van der Waals surface area contributed by atoms with Crippen molar-refractivity contribution in [3.8, 4) is 0 Å². The van der Waals surface area contributed by atoms with E-state index in [-0.39, 0.29) is 24.7 Å². The predicted molar refractivity (Wildman–Crippen MR) is 86.0 cm³/mol. The highest BCUT2D eigenvalue weighted by molar-refractivity contribution is 14.1. The number of morpholine rings is 1. The van der Waals surface area contributed by atoms with Gasteiger partial charge in [-0.1, -0.05) is 12.1 Å². The van der Waals surface area contributed by atoms with Crippen LogP contribution in [0.15, 0.2) is 24.3 Å². The lowest BCUT2D eigenvalue weighted by Gasteiger charge is -2.35. The van der Waals surface area contributed by atoms with Crippen molar-refractivity contribution in [3.05, 3.63) is 33.4 Å². The summed E-state index contributed by atoms with van der Waals surface area (Å²) >= 11 is 2.07. The topological polar surface area (TPSA) is 55.8 Å². The first-order chi connectivity index (χ1) is 9.97. The lowest BCUT2D eigenvalue weighted by molar-refractivity contribution is -0.146. The van der Waals surface area contributed by atoms with Crippen LogP contribution in [0.3, 0.4) is 0 Å². The van der Waals surface area contributed by atoms with Crippen LogP contribution in [0.25, 0.3) is 0 Å². The average molecular weight is 403 g/mol.